The first-order valence-electron chi connectivity index (χ1n) is 12.5. The molecule has 2 N–H and O–H groups in total. The Balaban J connectivity index is 2.20. The molecule has 4 unspecified atom stereocenters. The molecule has 0 saturated carbocycles. The molecule has 1 spiro atoms. The van der Waals surface area contributed by atoms with Crippen LogP contribution in [0.3, 0.4) is 0 Å². The number of esters is 1. The molecule has 1 saturated heterocycles. The van der Waals surface area contributed by atoms with Gasteiger partial charge in [0.2, 0.25) is 0 Å². The smallest absolute Gasteiger partial charge is 0.358 e. The summed E-state index contributed by atoms with van der Waals surface area (Å²) in [5.74, 6) is -0.692. The number of hydrogen-bond acceptors (Lipinski definition) is 11. The predicted octanol–water partition coefficient (Wildman–Crippen LogP) is 3.27. The van der Waals surface area contributed by atoms with Crippen LogP contribution >= 0.6 is 0 Å². The Kier molecular flexibility index (Phi) is 7.95. The lowest BCUT2D eigenvalue weighted by atomic mass is 9.89. The molecule has 3 heterocycles. The van der Waals surface area contributed by atoms with E-state index in [1.807, 2.05) is 13.1 Å². The van der Waals surface area contributed by atoms with Crippen LogP contribution in [0.4, 0.5) is 0 Å². The summed E-state index contributed by atoms with van der Waals surface area (Å²) in [6.45, 7) is 20.6. The summed E-state index contributed by atoms with van der Waals surface area (Å²) in [6.07, 6.45) is -1.97. The van der Waals surface area contributed by atoms with E-state index < -0.39 is 56.8 Å². The van der Waals surface area contributed by atoms with Crippen molar-refractivity contribution >= 4 is 32.7 Å². The van der Waals surface area contributed by atoms with Gasteiger partial charge in [0, 0.05) is 0 Å². The van der Waals surface area contributed by atoms with E-state index >= 15 is 0 Å². The molecule has 3 rings (SSSR count). The normalized spacial score (nSPS) is 28.1. The highest BCUT2D eigenvalue weighted by Gasteiger charge is 2.67. The van der Waals surface area contributed by atoms with E-state index in [9.17, 15) is 13.2 Å². The average molecular weight is 591 g/mol. The highest BCUT2D eigenvalue weighted by atomic mass is 32.2. The molecule has 15 heteroatoms. The largest absolute Gasteiger partial charge is 0.464 e. The van der Waals surface area contributed by atoms with E-state index in [4.69, 9.17) is 28.2 Å². The van der Waals surface area contributed by atoms with Crippen LogP contribution in [0.15, 0.2) is 17.3 Å². The van der Waals surface area contributed by atoms with Crippen LogP contribution in [0.25, 0.3) is 0 Å². The Morgan fingerprint density at radius 1 is 1.13 bits per heavy atom. The second-order valence-electron chi connectivity index (χ2n) is 12.9. The first-order valence-corrected chi connectivity index (χ1v) is 19.8. The number of hydrogen-bond donors (Lipinski definition) is 1. The van der Waals surface area contributed by atoms with E-state index in [2.05, 4.69) is 64.9 Å². The lowest BCUT2D eigenvalue weighted by molar-refractivity contribution is -0.0605. The number of ether oxygens (including phenoxy) is 2. The minimum Gasteiger partial charge on any atom is -0.464 e. The number of nitrogens with zero attached hydrogens (tertiary/aromatic N) is 3. The summed E-state index contributed by atoms with van der Waals surface area (Å²) in [5, 5.41) is 8.47. The van der Waals surface area contributed by atoms with Gasteiger partial charge >= 0.3 is 5.97 Å². The van der Waals surface area contributed by atoms with Crippen LogP contribution in [0, 0.1) is 0 Å². The van der Waals surface area contributed by atoms with Crippen molar-refractivity contribution in [1.29, 1.82) is 0 Å². The maximum Gasteiger partial charge on any atom is 0.358 e. The Hall–Kier alpha value is -1.63. The standard InChI is InChI=1S/C23H42N4O8SSi2/c1-21(2,3)37(8,9)32-13-17-23(16(24)14-36(29,30)35-23)18(34-38(10,11)22(4,5)6)19(33-17)27-15(12-25-26-27)20(28)31-7/h12,14,17-19H,13,24H2,1-11H3. The lowest BCUT2D eigenvalue weighted by Gasteiger charge is -2.43. The fourth-order valence-corrected chi connectivity index (χ4v) is 7.38. The van der Waals surface area contributed by atoms with Crippen molar-refractivity contribution in [2.24, 2.45) is 5.73 Å². The van der Waals surface area contributed by atoms with E-state index in [0.29, 0.717) is 0 Å². The minimum atomic E-state index is -4.16. The van der Waals surface area contributed by atoms with E-state index in [0.717, 1.165) is 5.41 Å². The van der Waals surface area contributed by atoms with Gasteiger partial charge in [-0.1, -0.05) is 46.8 Å². The van der Waals surface area contributed by atoms with Crippen LogP contribution in [0.5, 0.6) is 0 Å². The first-order chi connectivity index (χ1) is 17.1. The molecule has 216 valence electrons. The van der Waals surface area contributed by atoms with Gasteiger partial charge in [-0.2, -0.15) is 8.42 Å². The van der Waals surface area contributed by atoms with Gasteiger partial charge in [0.15, 0.2) is 34.2 Å². The zero-order valence-electron chi connectivity index (χ0n) is 24.2. The molecule has 1 aromatic heterocycles. The third kappa shape index (κ3) is 5.38. The Labute approximate surface area is 227 Å². The van der Waals surface area contributed by atoms with Gasteiger partial charge < -0.3 is 24.1 Å². The molecule has 2 aliphatic rings. The summed E-state index contributed by atoms with van der Waals surface area (Å²) in [5.41, 5.74) is 4.65. The summed E-state index contributed by atoms with van der Waals surface area (Å²) in [6, 6.07) is 0. The fraction of sp³-hybridized carbons (Fsp3) is 0.783. The van der Waals surface area contributed by atoms with Gasteiger partial charge in [0.25, 0.3) is 10.1 Å². The molecule has 0 aliphatic carbocycles. The zero-order valence-corrected chi connectivity index (χ0v) is 27.0. The number of rotatable bonds is 7. The third-order valence-electron chi connectivity index (χ3n) is 8.28. The second kappa shape index (κ2) is 9.78. The van der Waals surface area contributed by atoms with Crippen LogP contribution in [-0.2, 0) is 32.6 Å². The third-order valence-corrected chi connectivity index (χ3v) is 18.3. The number of nitrogens with two attached hydrogens (primary N) is 1. The molecule has 1 fully saturated rings. The fourth-order valence-electron chi connectivity index (χ4n) is 3.87. The molecule has 2 aliphatic heterocycles. The van der Waals surface area contributed by atoms with Crippen molar-refractivity contribution in [3.63, 3.8) is 0 Å². The molecular weight excluding hydrogens is 549 g/mol. The van der Waals surface area contributed by atoms with Gasteiger partial charge in [-0.05, 0) is 36.3 Å². The predicted molar refractivity (Wildman–Crippen MR) is 145 cm³/mol. The highest BCUT2D eigenvalue weighted by Crippen LogP contribution is 2.52. The SMILES string of the molecule is COC(=O)c1cnnn1C1OC(CO[Si](C)(C)C(C)(C)C)C2(OS(=O)(=O)C=C2N)C1O[Si](C)(C)C(C)(C)C. The number of methoxy groups -OCH3 is 1. The number of aromatic nitrogens is 3. The van der Waals surface area contributed by atoms with Crippen LogP contribution in [-0.4, -0.2) is 77.5 Å². The van der Waals surface area contributed by atoms with Crippen LogP contribution in [0.1, 0.15) is 58.3 Å². The molecule has 0 radical (unpaired) electrons. The summed E-state index contributed by atoms with van der Waals surface area (Å²) < 4.78 is 57.3. The van der Waals surface area contributed by atoms with Crippen LogP contribution in [0.2, 0.25) is 36.3 Å². The topological polar surface area (TPSA) is 154 Å². The summed E-state index contributed by atoms with van der Waals surface area (Å²) >= 11 is 0. The van der Waals surface area contributed by atoms with Crippen molar-refractivity contribution in [1.82, 2.24) is 15.0 Å². The van der Waals surface area contributed by atoms with Crippen molar-refractivity contribution in [3.8, 4) is 0 Å². The minimum absolute atomic E-state index is 0.00542. The van der Waals surface area contributed by atoms with Crippen LogP contribution < -0.4 is 5.73 Å². The molecule has 1 aromatic rings. The van der Waals surface area contributed by atoms with Gasteiger partial charge in [0.1, 0.15) is 12.2 Å². The summed E-state index contributed by atoms with van der Waals surface area (Å²) in [7, 11) is -7.84. The first kappa shape index (κ1) is 30.9. The summed E-state index contributed by atoms with van der Waals surface area (Å²) in [4.78, 5) is 12.5. The lowest BCUT2D eigenvalue weighted by Crippen LogP contribution is -2.59. The van der Waals surface area contributed by atoms with Gasteiger partial charge in [0.05, 0.1) is 31.0 Å². The zero-order chi connectivity index (χ0) is 29.1. The molecule has 38 heavy (non-hydrogen) atoms. The van der Waals surface area contributed by atoms with Crippen molar-refractivity contribution in [2.45, 2.75) is 102 Å². The Morgan fingerprint density at radius 2 is 1.71 bits per heavy atom. The Bertz CT molecular complexity index is 1200. The van der Waals surface area contributed by atoms with Gasteiger partial charge in [-0.15, -0.1) is 5.10 Å². The second-order valence-corrected chi connectivity index (χ2v) is 23.8. The van der Waals surface area contributed by atoms with Crippen molar-refractivity contribution in [2.75, 3.05) is 13.7 Å². The molecule has 0 aromatic carbocycles. The molecule has 0 bridgehead atoms. The molecular formula is C23H42N4O8SSi2. The number of carbonyl (C=O) groups is 1. The van der Waals surface area contributed by atoms with E-state index in [1.165, 1.54) is 18.0 Å². The molecule has 0 amide bonds. The maximum atomic E-state index is 12.8. The monoisotopic (exact) mass is 590 g/mol. The van der Waals surface area contributed by atoms with E-state index in [-0.39, 0.29) is 28.1 Å². The van der Waals surface area contributed by atoms with Gasteiger partial charge in [-0.25, -0.2) is 13.7 Å². The Morgan fingerprint density at radius 3 is 2.18 bits per heavy atom. The highest BCUT2D eigenvalue weighted by molar-refractivity contribution is 7.90. The molecule has 4 atom stereocenters. The maximum absolute atomic E-state index is 12.8. The van der Waals surface area contributed by atoms with Crippen molar-refractivity contribution in [3.05, 3.63) is 23.0 Å². The average Bonchev–Trinajstić information content (AvgIpc) is 3.40. The van der Waals surface area contributed by atoms with E-state index in [1.54, 1.807) is 0 Å². The van der Waals surface area contributed by atoms with Crippen molar-refractivity contribution < 1.29 is 35.7 Å². The number of carbonyl (C=O) groups excluding carboxylic acids is 1. The molecule has 12 nitrogen and oxygen atoms in total. The van der Waals surface area contributed by atoms with Gasteiger partial charge in [-0.3, -0.25) is 0 Å². The quantitative estimate of drug-likeness (QED) is 0.283.